The summed E-state index contributed by atoms with van der Waals surface area (Å²) in [7, 11) is 1.90. The molecule has 0 unspecified atom stereocenters. The van der Waals surface area contributed by atoms with E-state index in [9.17, 15) is 9.59 Å². The first-order valence-corrected chi connectivity index (χ1v) is 9.27. The Hall–Kier alpha value is -1.85. The average Bonchev–Trinajstić information content (AvgIpc) is 3.39. The molecule has 1 aromatic rings. The zero-order valence-electron chi connectivity index (χ0n) is 14.4. The van der Waals surface area contributed by atoms with E-state index in [2.05, 4.69) is 10.2 Å². The van der Waals surface area contributed by atoms with Crippen molar-refractivity contribution in [3.05, 3.63) is 17.0 Å². The Kier molecular flexibility index (Phi) is 4.06. The molecule has 0 spiro atoms. The summed E-state index contributed by atoms with van der Waals surface area (Å²) in [6, 6.07) is 0.325. The number of hydrogen-bond donors (Lipinski definition) is 1. The van der Waals surface area contributed by atoms with Gasteiger partial charge in [0.05, 0.1) is 0 Å². The molecule has 2 fully saturated rings. The number of aromatic nitrogens is 2. The van der Waals surface area contributed by atoms with Crippen molar-refractivity contribution >= 4 is 11.8 Å². The molecule has 0 aromatic carbocycles. The lowest BCUT2D eigenvalue weighted by atomic mass is 9.94. The zero-order valence-corrected chi connectivity index (χ0v) is 14.4. The maximum absolute atomic E-state index is 12.9. The second-order valence-electron chi connectivity index (χ2n) is 7.52. The molecular weight excluding hydrogens is 304 g/mol. The van der Waals surface area contributed by atoms with Gasteiger partial charge in [0.1, 0.15) is 0 Å². The normalized spacial score (nSPS) is 21.5. The molecule has 1 N–H and O–H groups in total. The Balaban J connectivity index is 1.51. The fourth-order valence-corrected chi connectivity index (χ4v) is 4.05. The standard InChI is InChI=1S/C18H26N4O2/c1-21(13-5-3-2-4-6-13)18(24)16-14-11-22(17(23)12-7-8-12)10-9-15(14)19-20-16/h12-13H,2-11H2,1H3,(H,19,20). The van der Waals surface area contributed by atoms with Crippen LogP contribution in [-0.4, -0.2) is 51.4 Å². The molecule has 3 aliphatic rings. The van der Waals surface area contributed by atoms with E-state index in [-0.39, 0.29) is 17.7 Å². The maximum atomic E-state index is 12.9. The lowest BCUT2D eigenvalue weighted by Gasteiger charge is -2.31. The minimum atomic E-state index is 0.000112. The molecule has 2 heterocycles. The lowest BCUT2D eigenvalue weighted by Crippen LogP contribution is -2.40. The highest BCUT2D eigenvalue weighted by Crippen LogP contribution is 2.33. The second kappa shape index (κ2) is 6.22. The van der Waals surface area contributed by atoms with E-state index in [1.54, 1.807) is 0 Å². The largest absolute Gasteiger partial charge is 0.338 e. The van der Waals surface area contributed by atoms with E-state index >= 15 is 0 Å². The third-order valence-corrected chi connectivity index (χ3v) is 5.82. The van der Waals surface area contributed by atoms with Gasteiger partial charge in [-0.05, 0) is 25.7 Å². The molecule has 0 saturated heterocycles. The molecule has 0 radical (unpaired) electrons. The maximum Gasteiger partial charge on any atom is 0.274 e. The summed E-state index contributed by atoms with van der Waals surface area (Å²) in [5.41, 5.74) is 2.48. The second-order valence-corrected chi connectivity index (χ2v) is 7.52. The summed E-state index contributed by atoms with van der Waals surface area (Å²) in [5, 5.41) is 7.35. The monoisotopic (exact) mass is 330 g/mol. The van der Waals surface area contributed by atoms with E-state index in [1.807, 2.05) is 16.8 Å². The summed E-state index contributed by atoms with van der Waals surface area (Å²) in [5.74, 6) is 0.475. The molecule has 0 atom stereocenters. The van der Waals surface area contributed by atoms with Crippen molar-refractivity contribution < 1.29 is 9.59 Å². The van der Waals surface area contributed by atoms with Gasteiger partial charge in [-0.25, -0.2) is 0 Å². The summed E-state index contributed by atoms with van der Waals surface area (Å²) in [6.07, 6.45) is 8.64. The fourth-order valence-electron chi connectivity index (χ4n) is 4.05. The minimum Gasteiger partial charge on any atom is -0.338 e. The summed E-state index contributed by atoms with van der Waals surface area (Å²) >= 11 is 0. The number of aromatic amines is 1. The molecule has 2 aliphatic carbocycles. The Morgan fingerprint density at radius 3 is 2.62 bits per heavy atom. The number of carbonyl (C=O) groups excluding carboxylic acids is 2. The van der Waals surface area contributed by atoms with Crippen LogP contribution in [0.5, 0.6) is 0 Å². The van der Waals surface area contributed by atoms with Gasteiger partial charge in [-0.15, -0.1) is 0 Å². The van der Waals surface area contributed by atoms with Crippen LogP contribution in [0, 0.1) is 5.92 Å². The number of rotatable bonds is 3. The van der Waals surface area contributed by atoms with Gasteiger partial charge in [-0.2, -0.15) is 5.10 Å². The number of nitrogens with one attached hydrogen (secondary N) is 1. The SMILES string of the molecule is CN(C(=O)c1n[nH]c2c1CN(C(=O)C1CC1)CC2)C1CCCCC1. The molecule has 24 heavy (non-hydrogen) atoms. The molecule has 1 aromatic heterocycles. The third kappa shape index (κ3) is 2.82. The van der Waals surface area contributed by atoms with E-state index in [1.165, 1.54) is 19.3 Å². The summed E-state index contributed by atoms with van der Waals surface area (Å²) < 4.78 is 0. The molecule has 6 heteroatoms. The van der Waals surface area contributed by atoms with Gasteiger partial charge in [0, 0.05) is 49.8 Å². The number of H-pyrrole nitrogens is 1. The predicted octanol–water partition coefficient (Wildman–Crippen LogP) is 2.11. The van der Waals surface area contributed by atoms with Gasteiger partial charge in [-0.3, -0.25) is 14.7 Å². The van der Waals surface area contributed by atoms with Gasteiger partial charge in [0.15, 0.2) is 5.69 Å². The first kappa shape index (κ1) is 15.7. The van der Waals surface area contributed by atoms with Crippen molar-refractivity contribution in [1.29, 1.82) is 0 Å². The fraction of sp³-hybridized carbons (Fsp3) is 0.722. The van der Waals surface area contributed by atoms with Crippen molar-refractivity contribution in [3.63, 3.8) is 0 Å². The van der Waals surface area contributed by atoms with E-state index in [4.69, 9.17) is 0 Å². The zero-order chi connectivity index (χ0) is 16.7. The van der Waals surface area contributed by atoms with Crippen molar-refractivity contribution in [3.8, 4) is 0 Å². The van der Waals surface area contributed by atoms with Crippen molar-refractivity contribution in [2.45, 2.75) is 64.0 Å². The molecule has 2 amide bonds. The Morgan fingerprint density at radius 2 is 1.92 bits per heavy atom. The first-order chi connectivity index (χ1) is 11.6. The lowest BCUT2D eigenvalue weighted by molar-refractivity contribution is -0.133. The van der Waals surface area contributed by atoms with Crippen molar-refractivity contribution in [2.75, 3.05) is 13.6 Å². The highest BCUT2D eigenvalue weighted by molar-refractivity contribution is 5.94. The smallest absolute Gasteiger partial charge is 0.274 e. The predicted molar refractivity (Wildman–Crippen MR) is 89.4 cm³/mol. The third-order valence-electron chi connectivity index (χ3n) is 5.82. The van der Waals surface area contributed by atoms with Gasteiger partial charge in [0.25, 0.3) is 5.91 Å². The number of fused-ring (bicyclic) bond motifs is 1. The van der Waals surface area contributed by atoms with Crippen LogP contribution >= 0.6 is 0 Å². The topological polar surface area (TPSA) is 69.3 Å². The number of hydrogen-bond acceptors (Lipinski definition) is 3. The van der Waals surface area contributed by atoms with Gasteiger partial charge >= 0.3 is 0 Å². The highest BCUT2D eigenvalue weighted by atomic mass is 16.2. The summed E-state index contributed by atoms with van der Waals surface area (Å²) in [4.78, 5) is 29.1. The first-order valence-electron chi connectivity index (χ1n) is 9.27. The Morgan fingerprint density at radius 1 is 1.17 bits per heavy atom. The molecule has 2 saturated carbocycles. The molecule has 4 rings (SSSR count). The Bertz CT molecular complexity index is 643. The molecule has 0 bridgehead atoms. The highest BCUT2D eigenvalue weighted by Gasteiger charge is 2.37. The van der Waals surface area contributed by atoms with E-state index in [0.717, 1.165) is 49.9 Å². The van der Waals surface area contributed by atoms with Crippen molar-refractivity contribution in [2.24, 2.45) is 5.92 Å². The van der Waals surface area contributed by atoms with Crippen molar-refractivity contribution in [1.82, 2.24) is 20.0 Å². The minimum absolute atomic E-state index is 0.000112. The molecule has 130 valence electrons. The van der Waals surface area contributed by atoms with Crippen LogP contribution in [0.4, 0.5) is 0 Å². The van der Waals surface area contributed by atoms with Crippen LogP contribution < -0.4 is 0 Å². The van der Waals surface area contributed by atoms with Gasteiger partial charge in [-0.1, -0.05) is 19.3 Å². The summed E-state index contributed by atoms with van der Waals surface area (Å²) in [6.45, 7) is 1.26. The number of carbonyl (C=O) groups is 2. The number of nitrogens with zero attached hydrogens (tertiary/aromatic N) is 3. The van der Waals surface area contributed by atoms with Crippen LogP contribution in [0.3, 0.4) is 0 Å². The van der Waals surface area contributed by atoms with Crippen LogP contribution in [0.15, 0.2) is 0 Å². The number of amides is 2. The molecule has 6 nitrogen and oxygen atoms in total. The average molecular weight is 330 g/mol. The van der Waals surface area contributed by atoms with Gasteiger partial charge in [0.2, 0.25) is 5.91 Å². The van der Waals surface area contributed by atoms with Crippen LogP contribution in [-0.2, 0) is 17.8 Å². The van der Waals surface area contributed by atoms with E-state index in [0.29, 0.717) is 18.3 Å². The van der Waals surface area contributed by atoms with E-state index < -0.39 is 0 Å². The Labute approximate surface area is 142 Å². The molecular formula is C18H26N4O2. The molecule has 1 aliphatic heterocycles. The van der Waals surface area contributed by atoms with Gasteiger partial charge < -0.3 is 9.80 Å². The van der Waals surface area contributed by atoms with Crippen LogP contribution in [0.25, 0.3) is 0 Å². The van der Waals surface area contributed by atoms with Crippen LogP contribution in [0.1, 0.15) is 66.7 Å². The quantitative estimate of drug-likeness (QED) is 0.923. The van der Waals surface area contributed by atoms with Crippen LogP contribution in [0.2, 0.25) is 0 Å².